The first-order valence-corrected chi connectivity index (χ1v) is 8.42. The molecule has 1 heterocycles. The second kappa shape index (κ2) is 6.03. The van der Waals surface area contributed by atoms with E-state index in [9.17, 15) is 9.90 Å². The van der Waals surface area contributed by atoms with E-state index >= 15 is 0 Å². The number of carbonyl (C=O) groups excluding carboxylic acids is 1. The zero-order chi connectivity index (χ0) is 17.4. The third-order valence-electron chi connectivity index (χ3n) is 4.57. The molecule has 0 saturated carbocycles. The molecular weight excluding hydrogens is 334 g/mol. The normalized spacial score (nSPS) is 19.1. The lowest BCUT2D eigenvalue weighted by Crippen LogP contribution is -2.40. The Morgan fingerprint density at radius 1 is 0.920 bits per heavy atom. The number of hydrogen-bond donors (Lipinski definition) is 1. The van der Waals surface area contributed by atoms with Crippen LogP contribution in [-0.4, -0.2) is 11.0 Å². The molecule has 3 aromatic carbocycles. The third kappa shape index (κ3) is 2.53. The summed E-state index contributed by atoms with van der Waals surface area (Å²) in [5.41, 5.74) is 1.01. The zero-order valence-corrected chi connectivity index (χ0v) is 14.1. The monoisotopic (exact) mass is 349 g/mol. The number of nitrogens with zero attached hydrogens (tertiary/aromatic N) is 1. The highest BCUT2D eigenvalue weighted by Crippen LogP contribution is 2.45. The molecule has 0 aliphatic carbocycles. The van der Waals surface area contributed by atoms with Gasteiger partial charge in [-0.3, -0.25) is 4.79 Å². The molecule has 1 N–H and O–H groups in total. The van der Waals surface area contributed by atoms with E-state index in [1.165, 1.54) is 0 Å². The molecule has 0 spiro atoms. The maximum atomic E-state index is 13.2. The van der Waals surface area contributed by atoms with E-state index in [-0.39, 0.29) is 5.91 Å². The molecule has 1 atom stereocenters. The molecule has 1 amide bonds. The van der Waals surface area contributed by atoms with Gasteiger partial charge >= 0.3 is 0 Å². The van der Waals surface area contributed by atoms with Gasteiger partial charge in [-0.15, -0.1) is 0 Å². The molecule has 1 aliphatic rings. The maximum absolute atomic E-state index is 13.2. The summed E-state index contributed by atoms with van der Waals surface area (Å²) in [6.07, 6.45) is 0. The fourth-order valence-corrected chi connectivity index (χ4v) is 3.51. The smallest absolute Gasteiger partial charge is 0.268 e. The molecule has 0 aromatic heterocycles. The number of rotatable bonds is 3. The Hall–Kier alpha value is -2.62. The number of benzene rings is 3. The molecule has 1 aliphatic heterocycles. The van der Waals surface area contributed by atoms with Crippen LogP contribution in [0, 0.1) is 0 Å². The summed E-state index contributed by atoms with van der Waals surface area (Å²) in [5.74, 6) is -0.361. The van der Waals surface area contributed by atoms with Gasteiger partial charge < -0.3 is 10.0 Å². The van der Waals surface area contributed by atoms with E-state index in [0.717, 1.165) is 5.56 Å². The first-order valence-electron chi connectivity index (χ1n) is 8.04. The second-order valence-electron chi connectivity index (χ2n) is 6.11. The summed E-state index contributed by atoms with van der Waals surface area (Å²) in [6.45, 7) is 0.392. The Morgan fingerprint density at radius 2 is 1.56 bits per heavy atom. The summed E-state index contributed by atoms with van der Waals surface area (Å²) in [5, 5.41) is 11.9. The molecule has 0 saturated heterocycles. The topological polar surface area (TPSA) is 40.5 Å². The largest absolute Gasteiger partial charge is 0.372 e. The van der Waals surface area contributed by atoms with Crippen LogP contribution < -0.4 is 4.90 Å². The summed E-state index contributed by atoms with van der Waals surface area (Å²) in [7, 11) is 0. The Balaban J connectivity index is 1.86. The standard InChI is InChI=1S/C21H16ClNO2/c22-17-11-12-19-18(13-17)21(25,16-9-5-2-6-10-16)20(24)23(19)14-15-7-3-1-4-8-15/h1-13,25H,14H2. The number of aliphatic hydroxyl groups is 1. The van der Waals surface area contributed by atoms with E-state index in [4.69, 9.17) is 11.6 Å². The van der Waals surface area contributed by atoms with Crippen LogP contribution in [0.15, 0.2) is 78.9 Å². The second-order valence-corrected chi connectivity index (χ2v) is 6.55. The zero-order valence-electron chi connectivity index (χ0n) is 13.4. The minimum Gasteiger partial charge on any atom is -0.372 e. The lowest BCUT2D eigenvalue weighted by atomic mass is 9.87. The number of fused-ring (bicyclic) bond motifs is 1. The first kappa shape index (κ1) is 15.9. The van der Waals surface area contributed by atoms with Crippen molar-refractivity contribution in [2.24, 2.45) is 0 Å². The van der Waals surface area contributed by atoms with Crippen LogP contribution in [-0.2, 0) is 16.9 Å². The maximum Gasteiger partial charge on any atom is 0.268 e. The molecule has 4 heteroatoms. The molecule has 0 radical (unpaired) electrons. The first-order chi connectivity index (χ1) is 12.1. The molecule has 0 fully saturated rings. The van der Waals surface area contributed by atoms with Crippen LogP contribution in [0.3, 0.4) is 0 Å². The van der Waals surface area contributed by atoms with Gasteiger partial charge in [0.25, 0.3) is 5.91 Å². The van der Waals surface area contributed by atoms with Crippen molar-refractivity contribution < 1.29 is 9.90 Å². The average molecular weight is 350 g/mol. The van der Waals surface area contributed by atoms with Gasteiger partial charge in [0.1, 0.15) is 0 Å². The van der Waals surface area contributed by atoms with Gasteiger partial charge in [0.15, 0.2) is 5.60 Å². The Morgan fingerprint density at radius 3 is 2.24 bits per heavy atom. The van der Waals surface area contributed by atoms with Gasteiger partial charge in [-0.2, -0.15) is 0 Å². The van der Waals surface area contributed by atoms with E-state index in [0.29, 0.717) is 28.4 Å². The predicted octanol–water partition coefficient (Wildman–Crippen LogP) is 4.12. The van der Waals surface area contributed by atoms with Crippen molar-refractivity contribution in [1.29, 1.82) is 0 Å². The molecule has 3 nitrogen and oxygen atoms in total. The van der Waals surface area contributed by atoms with Gasteiger partial charge in [0, 0.05) is 10.6 Å². The highest BCUT2D eigenvalue weighted by molar-refractivity contribution is 6.31. The van der Waals surface area contributed by atoms with Crippen molar-refractivity contribution in [3.8, 4) is 0 Å². The average Bonchev–Trinajstić information content (AvgIpc) is 2.86. The highest BCUT2D eigenvalue weighted by Gasteiger charge is 2.51. The van der Waals surface area contributed by atoms with Crippen LogP contribution in [0.25, 0.3) is 0 Å². The molecule has 4 rings (SSSR count). The van der Waals surface area contributed by atoms with Crippen LogP contribution in [0.1, 0.15) is 16.7 Å². The number of anilines is 1. The van der Waals surface area contributed by atoms with Crippen LogP contribution >= 0.6 is 11.6 Å². The van der Waals surface area contributed by atoms with Crippen LogP contribution in [0.4, 0.5) is 5.69 Å². The van der Waals surface area contributed by atoms with Gasteiger partial charge in [0.2, 0.25) is 0 Å². The van der Waals surface area contributed by atoms with E-state index in [2.05, 4.69) is 0 Å². The van der Waals surface area contributed by atoms with Crippen molar-refractivity contribution in [2.75, 3.05) is 4.90 Å². The van der Waals surface area contributed by atoms with E-state index < -0.39 is 5.60 Å². The molecule has 3 aromatic rings. The number of amides is 1. The summed E-state index contributed by atoms with van der Waals surface area (Å²) in [6, 6.07) is 23.9. The summed E-state index contributed by atoms with van der Waals surface area (Å²) >= 11 is 6.15. The Bertz CT molecular complexity index is 927. The van der Waals surface area contributed by atoms with Gasteiger partial charge in [-0.1, -0.05) is 72.3 Å². The lowest BCUT2D eigenvalue weighted by Gasteiger charge is -2.23. The SMILES string of the molecule is O=C1N(Cc2ccccc2)c2ccc(Cl)cc2C1(O)c1ccccc1. The fraction of sp³-hybridized carbons (Fsp3) is 0.0952. The molecular formula is C21H16ClNO2. The van der Waals surface area contributed by atoms with Gasteiger partial charge in [-0.25, -0.2) is 0 Å². The van der Waals surface area contributed by atoms with Crippen LogP contribution in [0.5, 0.6) is 0 Å². The fourth-order valence-electron chi connectivity index (χ4n) is 3.33. The van der Waals surface area contributed by atoms with Crippen molar-refractivity contribution >= 4 is 23.2 Å². The number of hydrogen-bond acceptors (Lipinski definition) is 2. The predicted molar refractivity (Wildman–Crippen MR) is 98.5 cm³/mol. The van der Waals surface area contributed by atoms with Gasteiger partial charge in [0.05, 0.1) is 12.2 Å². The number of halogens is 1. The molecule has 25 heavy (non-hydrogen) atoms. The molecule has 1 unspecified atom stereocenters. The van der Waals surface area contributed by atoms with Crippen molar-refractivity contribution in [2.45, 2.75) is 12.1 Å². The summed E-state index contributed by atoms with van der Waals surface area (Å²) < 4.78 is 0. The number of carbonyl (C=O) groups is 1. The molecule has 0 bridgehead atoms. The highest BCUT2D eigenvalue weighted by atomic mass is 35.5. The van der Waals surface area contributed by atoms with Crippen molar-refractivity contribution in [3.05, 3.63) is 101 Å². The van der Waals surface area contributed by atoms with E-state index in [1.54, 1.807) is 35.2 Å². The minimum atomic E-state index is -1.73. The molecule has 124 valence electrons. The van der Waals surface area contributed by atoms with Crippen molar-refractivity contribution in [3.63, 3.8) is 0 Å². The van der Waals surface area contributed by atoms with E-state index in [1.807, 2.05) is 48.5 Å². The van der Waals surface area contributed by atoms with Crippen LogP contribution in [0.2, 0.25) is 5.02 Å². The summed E-state index contributed by atoms with van der Waals surface area (Å²) in [4.78, 5) is 14.9. The Labute approximate surface area is 151 Å². The minimum absolute atomic E-state index is 0.361. The van der Waals surface area contributed by atoms with Gasteiger partial charge in [-0.05, 0) is 29.3 Å². The quantitative estimate of drug-likeness (QED) is 0.772. The lowest BCUT2D eigenvalue weighted by molar-refractivity contribution is -0.132. The Kier molecular flexibility index (Phi) is 3.83. The third-order valence-corrected chi connectivity index (χ3v) is 4.80. The van der Waals surface area contributed by atoms with Crippen molar-refractivity contribution in [1.82, 2.24) is 0 Å².